The second-order valence-corrected chi connectivity index (χ2v) is 5.86. The zero-order valence-electron chi connectivity index (χ0n) is 13.0. The van der Waals surface area contributed by atoms with Crippen LogP contribution < -0.4 is 0 Å². The normalized spacial score (nSPS) is 25.1. The lowest BCUT2D eigenvalue weighted by Gasteiger charge is -2.33. The smallest absolute Gasteiger partial charge is 0.185 e. The molecule has 0 spiro atoms. The molecule has 1 heterocycles. The maximum atomic E-state index is 9.60. The maximum Gasteiger partial charge on any atom is 0.185 e. The third-order valence-corrected chi connectivity index (χ3v) is 4.07. The second kappa shape index (κ2) is 6.61. The van der Waals surface area contributed by atoms with Crippen molar-refractivity contribution in [1.82, 2.24) is 0 Å². The van der Waals surface area contributed by atoms with Crippen molar-refractivity contribution in [2.75, 3.05) is 0 Å². The van der Waals surface area contributed by atoms with E-state index in [1.807, 2.05) is 42.5 Å². The number of hydrogen-bond acceptors (Lipinski definition) is 3. The largest absolute Gasteiger partial charge is 0.392 e. The van der Waals surface area contributed by atoms with E-state index >= 15 is 0 Å². The van der Waals surface area contributed by atoms with Crippen LogP contribution in [0.15, 0.2) is 48.5 Å². The van der Waals surface area contributed by atoms with Crippen molar-refractivity contribution in [2.45, 2.75) is 45.4 Å². The molecule has 0 bridgehead atoms. The van der Waals surface area contributed by atoms with Crippen LogP contribution in [0.2, 0.25) is 0 Å². The van der Waals surface area contributed by atoms with E-state index in [9.17, 15) is 5.11 Å². The van der Waals surface area contributed by atoms with E-state index in [0.717, 1.165) is 28.7 Å². The van der Waals surface area contributed by atoms with Crippen molar-refractivity contribution < 1.29 is 14.6 Å². The van der Waals surface area contributed by atoms with E-state index < -0.39 is 0 Å². The van der Waals surface area contributed by atoms with Gasteiger partial charge in [-0.15, -0.1) is 0 Å². The number of aliphatic hydroxyl groups is 1. The van der Waals surface area contributed by atoms with Gasteiger partial charge in [0.1, 0.15) is 0 Å². The van der Waals surface area contributed by atoms with Crippen molar-refractivity contribution in [1.29, 1.82) is 0 Å². The predicted molar refractivity (Wildman–Crippen MR) is 86.3 cm³/mol. The fraction of sp³-hybridized carbons (Fsp3) is 0.368. The second-order valence-electron chi connectivity index (χ2n) is 5.86. The molecule has 2 aromatic rings. The summed E-state index contributed by atoms with van der Waals surface area (Å²) in [6.07, 6.45) is 0.901. The van der Waals surface area contributed by atoms with Crippen LogP contribution in [-0.4, -0.2) is 17.3 Å². The first-order chi connectivity index (χ1) is 10.7. The Morgan fingerprint density at radius 3 is 2.18 bits per heavy atom. The average molecular weight is 298 g/mol. The van der Waals surface area contributed by atoms with Crippen LogP contribution in [-0.2, 0) is 16.1 Å². The van der Waals surface area contributed by atoms with Gasteiger partial charge in [-0.25, -0.2) is 0 Å². The standard InChI is InChI=1S/C19H22O3/c1-13-11-14(2)22-19(21-13)18-10-6-5-9-17(18)16-8-4-3-7-15(16)12-20/h3-10,13-14,19-20H,11-12H2,1-2H3/t13-,14+,19?. The molecule has 1 N–H and O–H groups in total. The Morgan fingerprint density at radius 2 is 1.50 bits per heavy atom. The van der Waals surface area contributed by atoms with Gasteiger partial charge in [-0.05, 0) is 37.0 Å². The summed E-state index contributed by atoms with van der Waals surface area (Å²) in [5.74, 6) is 0. The molecule has 0 aliphatic carbocycles. The summed E-state index contributed by atoms with van der Waals surface area (Å²) < 4.78 is 12.0. The first kappa shape index (κ1) is 15.2. The third-order valence-electron chi connectivity index (χ3n) is 4.07. The van der Waals surface area contributed by atoms with Gasteiger partial charge in [0, 0.05) is 5.56 Å². The van der Waals surface area contributed by atoms with Gasteiger partial charge in [0.05, 0.1) is 18.8 Å². The fourth-order valence-corrected chi connectivity index (χ4v) is 3.05. The summed E-state index contributed by atoms with van der Waals surface area (Å²) in [5.41, 5.74) is 4.01. The van der Waals surface area contributed by atoms with Crippen molar-refractivity contribution in [3.63, 3.8) is 0 Å². The number of rotatable bonds is 3. The van der Waals surface area contributed by atoms with E-state index in [4.69, 9.17) is 9.47 Å². The molecule has 0 amide bonds. The van der Waals surface area contributed by atoms with Gasteiger partial charge in [0.2, 0.25) is 0 Å². The molecule has 3 atom stereocenters. The Hall–Kier alpha value is -1.68. The average Bonchev–Trinajstić information content (AvgIpc) is 2.54. The molecule has 1 unspecified atom stereocenters. The molecule has 0 saturated carbocycles. The van der Waals surface area contributed by atoms with Gasteiger partial charge in [0.15, 0.2) is 6.29 Å². The summed E-state index contributed by atoms with van der Waals surface area (Å²) in [6.45, 7) is 4.18. The Morgan fingerprint density at radius 1 is 0.909 bits per heavy atom. The van der Waals surface area contributed by atoms with Crippen molar-refractivity contribution in [3.8, 4) is 11.1 Å². The number of hydrogen-bond donors (Lipinski definition) is 1. The van der Waals surface area contributed by atoms with Crippen LogP contribution in [0, 0.1) is 0 Å². The van der Waals surface area contributed by atoms with Crippen molar-refractivity contribution in [3.05, 3.63) is 59.7 Å². The summed E-state index contributed by atoms with van der Waals surface area (Å²) in [5, 5.41) is 9.60. The molecule has 116 valence electrons. The van der Waals surface area contributed by atoms with Crippen LogP contribution in [0.3, 0.4) is 0 Å². The SMILES string of the molecule is C[C@@H]1C[C@H](C)OC(c2ccccc2-c2ccccc2CO)O1. The lowest BCUT2D eigenvalue weighted by molar-refractivity contribution is -0.238. The Bertz CT molecular complexity index is 628. The van der Waals surface area contributed by atoms with Crippen LogP contribution in [0.25, 0.3) is 11.1 Å². The van der Waals surface area contributed by atoms with E-state index in [0.29, 0.717) is 0 Å². The zero-order chi connectivity index (χ0) is 15.5. The molecule has 0 aromatic heterocycles. The van der Waals surface area contributed by atoms with Gasteiger partial charge in [-0.2, -0.15) is 0 Å². The van der Waals surface area contributed by atoms with E-state index in [1.54, 1.807) is 0 Å². The summed E-state index contributed by atoms with van der Waals surface area (Å²) >= 11 is 0. The highest BCUT2D eigenvalue weighted by molar-refractivity contribution is 5.71. The molecular formula is C19H22O3. The third kappa shape index (κ3) is 3.07. The highest BCUT2D eigenvalue weighted by Crippen LogP contribution is 2.36. The van der Waals surface area contributed by atoms with Crippen LogP contribution in [0.4, 0.5) is 0 Å². The molecule has 22 heavy (non-hydrogen) atoms. The molecule has 3 nitrogen and oxygen atoms in total. The minimum absolute atomic E-state index is 0.0176. The zero-order valence-corrected chi connectivity index (χ0v) is 13.0. The van der Waals surface area contributed by atoms with Crippen molar-refractivity contribution in [2.24, 2.45) is 0 Å². The Kier molecular flexibility index (Phi) is 4.57. The van der Waals surface area contributed by atoms with Gasteiger partial charge >= 0.3 is 0 Å². The highest BCUT2D eigenvalue weighted by atomic mass is 16.7. The lowest BCUT2D eigenvalue weighted by atomic mass is 9.95. The molecule has 1 saturated heterocycles. The molecule has 1 aliphatic heterocycles. The lowest BCUT2D eigenvalue weighted by Crippen LogP contribution is -2.30. The number of aliphatic hydroxyl groups excluding tert-OH is 1. The predicted octanol–water partition coefficient (Wildman–Crippen LogP) is 4.06. The number of benzene rings is 2. The first-order valence-corrected chi connectivity index (χ1v) is 7.78. The summed E-state index contributed by atoms with van der Waals surface area (Å²) in [4.78, 5) is 0. The molecule has 1 fully saturated rings. The Balaban J connectivity index is 2.03. The summed E-state index contributed by atoms with van der Waals surface area (Å²) in [6, 6.07) is 16.0. The van der Waals surface area contributed by atoms with Crippen LogP contribution in [0.1, 0.15) is 37.7 Å². The molecular weight excluding hydrogens is 276 g/mol. The molecule has 1 aliphatic rings. The minimum Gasteiger partial charge on any atom is -0.392 e. The van der Waals surface area contributed by atoms with E-state index in [1.165, 1.54) is 0 Å². The van der Waals surface area contributed by atoms with E-state index in [-0.39, 0.29) is 25.1 Å². The van der Waals surface area contributed by atoms with Crippen molar-refractivity contribution >= 4 is 0 Å². The topological polar surface area (TPSA) is 38.7 Å². The molecule has 3 rings (SSSR count). The summed E-state index contributed by atoms with van der Waals surface area (Å²) in [7, 11) is 0. The van der Waals surface area contributed by atoms with Crippen LogP contribution >= 0.6 is 0 Å². The minimum atomic E-state index is -0.360. The van der Waals surface area contributed by atoms with Gasteiger partial charge in [-0.3, -0.25) is 0 Å². The quantitative estimate of drug-likeness (QED) is 0.928. The molecule has 0 radical (unpaired) electrons. The van der Waals surface area contributed by atoms with E-state index in [2.05, 4.69) is 19.9 Å². The van der Waals surface area contributed by atoms with Gasteiger partial charge < -0.3 is 14.6 Å². The van der Waals surface area contributed by atoms with Crippen LogP contribution in [0.5, 0.6) is 0 Å². The monoisotopic (exact) mass is 298 g/mol. The fourth-order valence-electron chi connectivity index (χ4n) is 3.05. The maximum absolute atomic E-state index is 9.60. The highest BCUT2D eigenvalue weighted by Gasteiger charge is 2.28. The Labute approximate surface area is 131 Å². The first-order valence-electron chi connectivity index (χ1n) is 7.78. The van der Waals surface area contributed by atoms with Gasteiger partial charge in [0.25, 0.3) is 0 Å². The van der Waals surface area contributed by atoms with Gasteiger partial charge in [-0.1, -0.05) is 48.5 Å². The molecule has 2 aromatic carbocycles. The molecule has 3 heteroatoms. The number of ether oxygens (including phenoxy) is 2.